The molecule has 0 saturated heterocycles. The maximum atomic E-state index is 5.74. The van der Waals surface area contributed by atoms with Gasteiger partial charge in [-0.25, -0.2) is 4.98 Å². The lowest BCUT2D eigenvalue weighted by Gasteiger charge is -2.16. The highest BCUT2D eigenvalue weighted by atomic mass is 16.5. The van der Waals surface area contributed by atoms with Crippen LogP contribution in [0.1, 0.15) is 36.1 Å². The van der Waals surface area contributed by atoms with E-state index in [0.29, 0.717) is 5.88 Å². The highest BCUT2D eigenvalue weighted by Crippen LogP contribution is 2.24. The van der Waals surface area contributed by atoms with E-state index in [0.717, 1.165) is 12.2 Å². The summed E-state index contributed by atoms with van der Waals surface area (Å²) in [6.07, 6.45) is 1.87. The number of benzene rings is 1. The van der Waals surface area contributed by atoms with Crippen molar-refractivity contribution in [3.63, 3.8) is 0 Å². The summed E-state index contributed by atoms with van der Waals surface area (Å²) in [6, 6.07) is 8.37. The summed E-state index contributed by atoms with van der Waals surface area (Å²) in [4.78, 5) is 4.31. The fraction of sp³-hybridized carbons (Fsp3) is 0.389. The molecule has 0 amide bonds. The van der Waals surface area contributed by atoms with Crippen LogP contribution in [0.3, 0.4) is 0 Å². The van der Waals surface area contributed by atoms with Gasteiger partial charge in [-0.3, -0.25) is 0 Å². The number of anilines is 1. The molecule has 0 saturated carbocycles. The van der Waals surface area contributed by atoms with Gasteiger partial charge in [-0.15, -0.1) is 0 Å². The number of nitrogens with one attached hydrogen (secondary N) is 1. The second-order valence-corrected chi connectivity index (χ2v) is 5.75. The molecule has 0 aliphatic heterocycles. The quantitative estimate of drug-likeness (QED) is 0.883. The SMILES string of the molecule is Cc1cc(C)c(CNc2cccnc2OC(C)C)c(C)c1. The first-order chi connectivity index (χ1) is 9.97. The van der Waals surface area contributed by atoms with Crippen LogP contribution in [-0.4, -0.2) is 11.1 Å². The third-order valence-corrected chi connectivity index (χ3v) is 3.41. The van der Waals surface area contributed by atoms with E-state index in [1.54, 1.807) is 6.20 Å². The van der Waals surface area contributed by atoms with Crippen molar-refractivity contribution in [3.8, 4) is 5.88 Å². The van der Waals surface area contributed by atoms with Crippen molar-refractivity contribution in [2.75, 3.05) is 5.32 Å². The average Bonchev–Trinajstić information content (AvgIpc) is 2.38. The lowest BCUT2D eigenvalue weighted by Crippen LogP contribution is -2.10. The van der Waals surface area contributed by atoms with Gasteiger partial charge in [0, 0.05) is 12.7 Å². The summed E-state index contributed by atoms with van der Waals surface area (Å²) < 4.78 is 5.74. The van der Waals surface area contributed by atoms with Gasteiger partial charge in [0.1, 0.15) is 0 Å². The summed E-state index contributed by atoms with van der Waals surface area (Å²) in [5.74, 6) is 0.662. The number of ether oxygens (including phenoxy) is 1. The predicted molar refractivity (Wildman–Crippen MR) is 88.0 cm³/mol. The van der Waals surface area contributed by atoms with Gasteiger partial charge in [0.05, 0.1) is 11.8 Å². The molecule has 3 heteroatoms. The minimum Gasteiger partial charge on any atom is -0.473 e. The summed E-state index contributed by atoms with van der Waals surface area (Å²) in [7, 11) is 0. The smallest absolute Gasteiger partial charge is 0.237 e. The van der Waals surface area contributed by atoms with Gasteiger partial charge >= 0.3 is 0 Å². The molecule has 21 heavy (non-hydrogen) atoms. The predicted octanol–water partition coefficient (Wildman–Crippen LogP) is 4.41. The number of nitrogens with zero attached hydrogens (tertiary/aromatic N) is 1. The third kappa shape index (κ3) is 3.97. The fourth-order valence-corrected chi connectivity index (χ4v) is 2.51. The monoisotopic (exact) mass is 284 g/mol. The van der Waals surface area contributed by atoms with E-state index in [9.17, 15) is 0 Å². The summed E-state index contributed by atoms with van der Waals surface area (Å²) in [6.45, 7) is 11.2. The fourth-order valence-electron chi connectivity index (χ4n) is 2.51. The molecule has 0 spiro atoms. The number of hydrogen-bond acceptors (Lipinski definition) is 3. The van der Waals surface area contributed by atoms with Crippen LogP contribution in [-0.2, 0) is 6.54 Å². The van der Waals surface area contributed by atoms with E-state index in [1.807, 2.05) is 26.0 Å². The second-order valence-electron chi connectivity index (χ2n) is 5.75. The molecule has 2 rings (SSSR count). The molecule has 1 N–H and O–H groups in total. The maximum absolute atomic E-state index is 5.74. The van der Waals surface area contributed by atoms with Gasteiger partial charge in [0.25, 0.3) is 0 Å². The van der Waals surface area contributed by atoms with E-state index in [4.69, 9.17) is 4.74 Å². The molecule has 112 valence electrons. The zero-order chi connectivity index (χ0) is 15.4. The zero-order valence-corrected chi connectivity index (χ0v) is 13.5. The van der Waals surface area contributed by atoms with Gasteiger partial charge in [0.2, 0.25) is 5.88 Å². The van der Waals surface area contributed by atoms with Crippen molar-refractivity contribution in [2.24, 2.45) is 0 Å². The Balaban J connectivity index is 2.17. The van der Waals surface area contributed by atoms with Gasteiger partial charge in [-0.1, -0.05) is 17.7 Å². The molecule has 1 heterocycles. The molecule has 0 fully saturated rings. The van der Waals surface area contributed by atoms with Gasteiger partial charge < -0.3 is 10.1 Å². The summed E-state index contributed by atoms with van der Waals surface area (Å²) >= 11 is 0. The summed E-state index contributed by atoms with van der Waals surface area (Å²) in [5.41, 5.74) is 6.20. The number of aryl methyl sites for hydroxylation is 3. The average molecular weight is 284 g/mol. The Labute approximate surface area is 127 Å². The number of rotatable bonds is 5. The van der Waals surface area contributed by atoms with Crippen molar-refractivity contribution < 1.29 is 4.74 Å². The number of hydrogen-bond donors (Lipinski definition) is 1. The second kappa shape index (κ2) is 6.61. The van der Waals surface area contributed by atoms with Gasteiger partial charge in [-0.2, -0.15) is 0 Å². The largest absolute Gasteiger partial charge is 0.473 e. The van der Waals surface area contributed by atoms with Crippen LogP contribution >= 0.6 is 0 Å². The molecule has 1 aromatic carbocycles. The van der Waals surface area contributed by atoms with Crippen molar-refractivity contribution in [1.82, 2.24) is 4.98 Å². The van der Waals surface area contributed by atoms with E-state index in [2.05, 4.69) is 43.2 Å². The first kappa shape index (κ1) is 15.4. The molecule has 0 radical (unpaired) electrons. The lowest BCUT2D eigenvalue weighted by molar-refractivity contribution is 0.234. The molecule has 0 aliphatic carbocycles. The van der Waals surface area contributed by atoms with Crippen LogP contribution < -0.4 is 10.1 Å². The van der Waals surface area contributed by atoms with E-state index in [1.165, 1.54) is 22.3 Å². The molecule has 0 unspecified atom stereocenters. The van der Waals surface area contributed by atoms with Crippen LogP contribution in [0.15, 0.2) is 30.5 Å². The Morgan fingerprint density at radius 2 is 1.81 bits per heavy atom. The lowest BCUT2D eigenvalue weighted by atomic mass is 10.00. The third-order valence-electron chi connectivity index (χ3n) is 3.41. The van der Waals surface area contributed by atoms with Crippen LogP contribution in [0.2, 0.25) is 0 Å². The Morgan fingerprint density at radius 3 is 2.43 bits per heavy atom. The first-order valence-electron chi connectivity index (χ1n) is 7.39. The molecule has 0 atom stereocenters. The van der Waals surface area contributed by atoms with Crippen molar-refractivity contribution >= 4 is 5.69 Å². The minimum atomic E-state index is 0.114. The minimum absolute atomic E-state index is 0.114. The van der Waals surface area contributed by atoms with E-state index in [-0.39, 0.29) is 6.10 Å². The Hall–Kier alpha value is -2.03. The van der Waals surface area contributed by atoms with Crippen LogP contribution in [0.5, 0.6) is 5.88 Å². The van der Waals surface area contributed by atoms with Gasteiger partial charge in [0.15, 0.2) is 0 Å². The standard InChI is InChI=1S/C18H24N2O/c1-12(2)21-18-17(7-6-8-19-18)20-11-16-14(4)9-13(3)10-15(16)5/h6-10,12,20H,11H2,1-5H3. The van der Waals surface area contributed by atoms with Crippen LogP contribution in [0.4, 0.5) is 5.69 Å². The molecule has 2 aromatic rings. The Morgan fingerprint density at radius 1 is 1.14 bits per heavy atom. The highest BCUT2D eigenvalue weighted by molar-refractivity contribution is 5.53. The van der Waals surface area contributed by atoms with Crippen LogP contribution in [0.25, 0.3) is 0 Å². The summed E-state index contributed by atoms with van der Waals surface area (Å²) in [5, 5.41) is 3.45. The number of pyridine rings is 1. The maximum Gasteiger partial charge on any atom is 0.237 e. The topological polar surface area (TPSA) is 34.2 Å². The van der Waals surface area contributed by atoms with Crippen molar-refractivity contribution in [3.05, 3.63) is 52.7 Å². The molecular weight excluding hydrogens is 260 g/mol. The molecular formula is C18H24N2O. The molecule has 0 bridgehead atoms. The zero-order valence-electron chi connectivity index (χ0n) is 13.5. The number of aromatic nitrogens is 1. The Bertz CT molecular complexity index is 597. The van der Waals surface area contributed by atoms with Crippen molar-refractivity contribution in [2.45, 2.75) is 47.3 Å². The highest BCUT2D eigenvalue weighted by Gasteiger charge is 2.08. The molecule has 1 aromatic heterocycles. The van der Waals surface area contributed by atoms with Crippen LogP contribution in [0, 0.1) is 20.8 Å². The van der Waals surface area contributed by atoms with Crippen molar-refractivity contribution in [1.29, 1.82) is 0 Å². The first-order valence-corrected chi connectivity index (χ1v) is 7.39. The molecule has 0 aliphatic rings. The Kier molecular flexibility index (Phi) is 4.84. The molecule has 3 nitrogen and oxygen atoms in total. The normalized spacial score (nSPS) is 10.8. The van der Waals surface area contributed by atoms with E-state index >= 15 is 0 Å². The van der Waals surface area contributed by atoms with Gasteiger partial charge in [-0.05, 0) is 63.4 Å². The van der Waals surface area contributed by atoms with E-state index < -0.39 is 0 Å².